The van der Waals surface area contributed by atoms with Gasteiger partial charge in [0.05, 0.1) is 12.8 Å². The Hall–Kier alpha value is -0.800. The van der Waals surface area contributed by atoms with Gasteiger partial charge in [-0.05, 0) is 18.5 Å². The molecule has 110 valence electrons. The van der Waals surface area contributed by atoms with Crippen molar-refractivity contribution in [3.05, 3.63) is 23.7 Å². The Bertz CT molecular complexity index is 346. The van der Waals surface area contributed by atoms with Crippen molar-refractivity contribution in [2.45, 2.75) is 60.2 Å². The molecule has 0 bridgehead atoms. The van der Waals surface area contributed by atoms with Crippen molar-refractivity contribution in [3.8, 4) is 0 Å². The van der Waals surface area contributed by atoms with Gasteiger partial charge in [-0.15, -0.1) is 0 Å². The van der Waals surface area contributed by atoms with Crippen LogP contribution in [0.5, 0.6) is 0 Å². The Morgan fingerprint density at radius 1 is 1.26 bits per heavy atom. The van der Waals surface area contributed by atoms with Gasteiger partial charge >= 0.3 is 0 Å². The normalized spacial score (nSPS) is 13.4. The molecule has 0 fully saturated rings. The van der Waals surface area contributed by atoms with Gasteiger partial charge in [0.15, 0.2) is 0 Å². The zero-order valence-corrected chi connectivity index (χ0v) is 13.2. The first kappa shape index (κ1) is 16.3. The second-order valence-electron chi connectivity index (χ2n) is 5.75. The predicted molar refractivity (Wildman–Crippen MR) is 81.1 cm³/mol. The van der Waals surface area contributed by atoms with Crippen LogP contribution in [0.25, 0.3) is 0 Å². The summed E-state index contributed by atoms with van der Waals surface area (Å²) in [7, 11) is 0. The van der Waals surface area contributed by atoms with E-state index in [4.69, 9.17) is 4.42 Å². The highest BCUT2D eigenvalue weighted by Gasteiger charge is 2.13. The van der Waals surface area contributed by atoms with Crippen molar-refractivity contribution in [3.63, 3.8) is 0 Å². The van der Waals surface area contributed by atoms with E-state index in [1.165, 1.54) is 12.0 Å². The van der Waals surface area contributed by atoms with Crippen LogP contribution in [0.2, 0.25) is 0 Å². The van der Waals surface area contributed by atoms with E-state index in [9.17, 15) is 0 Å². The van der Waals surface area contributed by atoms with Crippen LogP contribution in [-0.4, -0.2) is 24.0 Å². The summed E-state index contributed by atoms with van der Waals surface area (Å²) in [4.78, 5) is 2.46. The summed E-state index contributed by atoms with van der Waals surface area (Å²) in [6.45, 7) is 15.1. The molecule has 1 rings (SSSR count). The lowest BCUT2D eigenvalue weighted by atomic mass is 10.1. The summed E-state index contributed by atoms with van der Waals surface area (Å²) in [5.41, 5.74) is 1.29. The molecule has 3 heteroatoms. The maximum atomic E-state index is 5.66. The first-order chi connectivity index (χ1) is 9.06. The molecule has 0 saturated heterocycles. The number of hydrogen-bond donors (Lipinski definition) is 1. The molecule has 0 saturated carbocycles. The SMILES string of the molecule is CCC(C)CN(CC)Cc1occc1CNC(C)C. The Kier molecular flexibility index (Phi) is 7.17. The van der Waals surface area contributed by atoms with Gasteiger partial charge in [0.1, 0.15) is 5.76 Å². The van der Waals surface area contributed by atoms with Crippen LogP contribution >= 0.6 is 0 Å². The molecule has 1 atom stereocenters. The molecule has 0 aliphatic heterocycles. The van der Waals surface area contributed by atoms with Crippen LogP contribution in [0.3, 0.4) is 0 Å². The van der Waals surface area contributed by atoms with Crippen molar-refractivity contribution < 1.29 is 4.42 Å². The molecular weight excluding hydrogens is 236 g/mol. The van der Waals surface area contributed by atoms with Gasteiger partial charge in [0.25, 0.3) is 0 Å². The van der Waals surface area contributed by atoms with Gasteiger partial charge in [0.2, 0.25) is 0 Å². The number of rotatable bonds is 9. The molecule has 0 aromatic carbocycles. The van der Waals surface area contributed by atoms with Gasteiger partial charge in [-0.2, -0.15) is 0 Å². The molecule has 0 aliphatic carbocycles. The molecule has 1 N–H and O–H groups in total. The standard InChI is InChI=1S/C16H30N2O/c1-6-14(5)11-18(7-2)12-16-15(8-9-19-16)10-17-13(3)4/h8-9,13-14,17H,6-7,10-12H2,1-5H3. The lowest BCUT2D eigenvalue weighted by Crippen LogP contribution is -2.28. The molecular formula is C16H30N2O. The van der Waals surface area contributed by atoms with Gasteiger partial charge < -0.3 is 9.73 Å². The van der Waals surface area contributed by atoms with Crippen molar-refractivity contribution in [2.75, 3.05) is 13.1 Å². The molecule has 1 aromatic rings. The molecule has 0 aliphatic rings. The van der Waals surface area contributed by atoms with Crippen LogP contribution in [-0.2, 0) is 13.1 Å². The minimum Gasteiger partial charge on any atom is -0.468 e. The largest absolute Gasteiger partial charge is 0.468 e. The van der Waals surface area contributed by atoms with Gasteiger partial charge in [-0.1, -0.05) is 41.0 Å². The smallest absolute Gasteiger partial charge is 0.122 e. The molecule has 0 amide bonds. The maximum absolute atomic E-state index is 5.66. The second-order valence-corrected chi connectivity index (χ2v) is 5.75. The summed E-state index contributed by atoms with van der Waals surface area (Å²) in [5.74, 6) is 1.85. The Morgan fingerprint density at radius 2 is 2.00 bits per heavy atom. The summed E-state index contributed by atoms with van der Waals surface area (Å²) in [6.07, 6.45) is 3.04. The number of nitrogens with one attached hydrogen (secondary N) is 1. The van der Waals surface area contributed by atoms with E-state index in [2.05, 4.69) is 50.9 Å². The average Bonchev–Trinajstić information content (AvgIpc) is 2.82. The van der Waals surface area contributed by atoms with E-state index in [1.807, 2.05) is 6.26 Å². The number of hydrogen-bond acceptors (Lipinski definition) is 3. The first-order valence-corrected chi connectivity index (χ1v) is 7.57. The minimum absolute atomic E-state index is 0.505. The van der Waals surface area contributed by atoms with E-state index in [0.717, 1.165) is 37.9 Å². The third kappa shape index (κ3) is 5.79. The monoisotopic (exact) mass is 266 g/mol. The Morgan fingerprint density at radius 3 is 2.58 bits per heavy atom. The van der Waals surface area contributed by atoms with Gasteiger partial charge in [-0.3, -0.25) is 4.90 Å². The summed E-state index contributed by atoms with van der Waals surface area (Å²) in [5, 5.41) is 3.45. The topological polar surface area (TPSA) is 28.4 Å². The van der Waals surface area contributed by atoms with Crippen LogP contribution in [0, 0.1) is 5.92 Å². The van der Waals surface area contributed by atoms with Crippen molar-refractivity contribution in [1.29, 1.82) is 0 Å². The van der Waals surface area contributed by atoms with Crippen molar-refractivity contribution >= 4 is 0 Å². The summed E-state index contributed by atoms with van der Waals surface area (Å²) >= 11 is 0. The van der Waals surface area contributed by atoms with Crippen molar-refractivity contribution in [2.24, 2.45) is 5.92 Å². The molecule has 0 spiro atoms. The van der Waals surface area contributed by atoms with Crippen LogP contribution < -0.4 is 5.32 Å². The Balaban J connectivity index is 2.56. The Labute approximate surface area is 118 Å². The molecule has 1 heterocycles. The zero-order chi connectivity index (χ0) is 14.3. The molecule has 0 radical (unpaired) electrons. The van der Waals surface area contributed by atoms with Crippen LogP contribution in [0.1, 0.15) is 52.4 Å². The fourth-order valence-electron chi connectivity index (χ4n) is 2.06. The summed E-state index contributed by atoms with van der Waals surface area (Å²) < 4.78 is 5.66. The van der Waals surface area contributed by atoms with Crippen LogP contribution in [0.4, 0.5) is 0 Å². The third-order valence-corrected chi connectivity index (χ3v) is 3.62. The quantitative estimate of drug-likeness (QED) is 0.739. The number of nitrogens with zero attached hydrogens (tertiary/aromatic N) is 1. The van der Waals surface area contributed by atoms with E-state index < -0.39 is 0 Å². The van der Waals surface area contributed by atoms with E-state index in [-0.39, 0.29) is 0 Å². The average molecular weight is 266 g/mol. The first-order valence-electron chi connectivity index (χ1n) is 7.57. The summed E-state index contributed by atoms with van der Waals surface area (Å²) in [6, 6.07) is 2.59. The number of furan rings is 1. The molecule has 1 aromatic heterocycles. The van der Waals surface area contributed by atoms with E-state index in [1.54, 1.807) is 0 Å². The lowest BCUT2D eigenvalue weighted by Gasteiger charge is -2.23. The highest BCUT2D eigenvalue weighted by Crippen LogP contribution is 2.15. The molecule has 1 unspecified atom stereocenters. The van der Waals surface area contributed by atoms with Crippen molar-refractivity contribution in [1.82, 2.24) is 10.2 Å². The highest BCUT2D eigenvalue weighted by atomic mass is 16.3. The minimum atomic E-state index is 0.505. The van der Waals surface area contributed by atoms with Gasteiger partial charge in [0, 0.05) is 24.7 Å². The fraction of sp³-hybridized carbons (Fsp3) is 0.750. The van der Waals surface area contributed by atoms with E-state index in [0.29, 0.717) is 6.04 Å². The molecule has 19 heavy (non-hydrogen) atoms. The third-order valence-electron chi connectivity index (χ3n) is 3.62. The zero-order valence-electron chi connectivity index (χ0n) is 13.2. The van der Waals surface area contributed by atoms with E-state index >= 15 is 0 Å². The van der Waals surface area contributed by atoms with Crippen LogP contribution in [0.15, 0.2) is 16.7 Å². The molecule has 3 nitrogen and oxygen atoms in total. The fourth-order valence-corrected chi connectivity index (χ4v) is 2.06. The maximum Gasteiger partial charge on any atom is 0.122 e. The van der Waals surface area contributed by atoms with Gasteiger partial charge in [-0.25, -0.2) is 0 Å². The second kappa shape index (κ2) is 8.39. The predicted octanol–water partition coefficient (Wildman–Crippen LogP) is 3.65. The highest BCUT2D eigenvalue weighted by molar-refractivity contribution is 5.16. The lowest BCUT2D eigenvalue weighted by molar-refractivity contribution is 0.219.